The number of amides is 1. The van der Waals surface area contributed by atoms with Gasteiger partial charge in [-0.3, -0.25) is 4.79 Å². The summed E-state index contributed by atoms with van der Waals surface area (Å²) in [4.78, 5) is 16.5. The summed E-state index contributed by atoms with van der Waals surface area (Å²) in [6, 6.07) is 8.21. The first-order valence-corrected chi connectivity index (χ1v) is 8.28. The predicted molar refractivity (Wildman–Crippen MR) is 104 cm³/mol. The smallest absolute Gasteiger partial charge is 0.223 e. The molecule has 0 aliphatic heterocycles. The van der Waals surface area contributed by atoms with Crippen LogP contribution in [0.2, 0.25) is 0 Å². The molecule has 2 atom stereocenters. The van der Waals surface area contributed by atoms with Crippen molar-refractivity contribution in [1.29, 1.82) is 0 Å². The Balaban J connectivity index is 0.00000156. The molecule has 1 aliphatic carbocycles. The third kappa shape index (κ3) is 5.46. The maximum Gasteiger partial charge on any atom is 0.223 e. The summed E-state index contributed by atoms with van der Waals surface area (Å²) in [5.41, 5.74) is 8.13. The Morgan fingerprint density at radius 3 is 2.68 bits per heavy atom. The Labute approximate surface area is 161 Å². The molecule has 1 aromatic heterocycles. The third-order valence-electron chi connectivity index (χ3n) is 4.78. The van der Waals surface area contributed by atoms with E-state index >= 15 is 0 Å². The largest absolute Gasteiger partial charge is 0.352 e. The lowest BCUT2D eigenvalue weighted by molar-refractivity contribution is -0.126. The van der Waals surface area contributed by atoms with Crippen LogP contribution in [0.4, 0.5) is 0 Å². The van der Waals surface area contributed by atoms with Crippen molar-refractivity contribution in [2.75, 3.05) is 6.54 Å². The molecule has 3 rings (SSSR count). The average Bonchev–Trinajstić information content (AvgIpc) is 3.25. The van der Waals surface area contributed by atoms with E-state index in [1.165, 1.54) is 5.56 Å². The van der Waals surface area contributed by atoms with Gasteiger partial charge >= 0.3 is 0 Å². The van der Waals surface area contributed by atoms with Crippen LogP contribution >= 0.6 is 24.8 Å². The molecular weight excluding hydrogens is 359 g/mol. The summed E-state index contributed by atoms with van der Waals surface area (Å²) in [5.74, 6) is 0.576. The van der Waals surface area contributed by atoms with Crippen molar-refractivity contribution in [3.8, 4) is 0 Å². The van der Waals surface area contributed by atoms with Crippen molar-refractivity contribution in [1.82, 2.24) is 14.9 Å². The van der Waals surface area contributed by atoms with Gasteiger partial charge in [-0.15, -0.1) is 24.8 Å². The van der Waals surface area contributed by atoms with Crippen LogP contribution < -0.4 is 11.1 Å². The molecule has 138 valence electrons. The molecule has 3 N–H and O–H groups in total. The normalized spacial score (nSPS) is 18.9. The van der Waals surface area contributed by atoms with Crippen molar-refractivity contribution >= 4 is 30.7 Å². The molecule has 0 unspecified atom stereocenters. The van der Waals surface area contributed by atoms with Gasteiger partial charge in [-0.2, -0.15) is 0 Å². The third-order valence-corrected chi connectivity index (χ3v) is 4.78. The Morgan fingerprint density at radius 2 is 2.00 bits per heavy atom. The first-order valence-electron chi connectivity index (χ1n) is 8.28. The first kappa shape index (κ1) is 21.5. The Kier molecular flexibility index (Phi) is 8.97. The van der Waals surface area contributed by atoms with E-state index in [1.807, 2.05) is 22.9 Å². The summed E-state index contributed by atoms with van der Waals surface area (Å²) in [5, 5.41) is 3.11. The molecule has 1 aromatic carbocycles. The van der Waals surface area contributed by atoms with Crippen LogP contribution in [-0.2, 0) is 17.9 Å². The average molecular weight is 385 g/mol. The van der Waals surface area contributed by atoms with E-state index in [4.69, 9.17) is 5.73 Å². The van der Waals surface area contributed by atoms with Gasteiger partial charge in [0.25, 0.3) is 0 Å². The van der Waals surface area contributed by atoms with Gasteiger partial charge < -0.3 is 15.6 Å². The molecule has 1 aliphatic rings. The van der Waals surface area contributed by atoms with E-state index in [0.29, 0.717) is 19.0 Å². The minimum atomic E-state index is 0. The standard InChI is InChI=1S/C18H24N4O.2ClH/c19-10-14-6-3-7-17(14)18(23)21-11-15-4-1-2-5-16(15)12-22-9-8-20-13-22;;/h1-2,4-5,8-9,13-14,17H,3,6-7,10-12,19H2,(H,21,23);2*1H/t14-,17-;;/m1../s1. The number of carbonyl (C=O) groups is 1. The minimum Gasteiger partial charge on any atom is -0.352 e. The molecule has 2 aromatic rings. The topological polar surface area (TPSA) is 72.9 Å². The highest BCUT2D eigenvalue weighted by molar-refractivity contribution is 5.85. The Morgan fingerprint density at radius 1 is 1.24 bits per heavy atom. The second kappa shape index (κ2) is 10.4. The van der Waals surface area contributed by atoms with Crippen molar-refractivity contribution < 1.29 is 4.79 Å². The van der Waals surface area contributed by atoms with Crippen LogP contribution in [0.25, 0.3) is 0 Å². The lowest BCUT2D eigenvalue weighted by Gasteiger charge is -2.18. The zero-order valence-corrected chi connectivity index (χ0v) is 15.8. The van der Waals surface area contributed by atoms with E-state index in [-0.39, 0.29) is 36.6 Å². The highest BCUT2D eigenvalue weighted by atomic mass is 35.5. The number of hydrogen-bond acceptors (Lipinski definition) is 3. The molecule has 1 saturated carbocycles. The molecule has 25 heavy (non-hydrogen) atoms. The maximum absolute atomic E-state index is 12.4. The first-order chi connectivity index (χ1) is 11.3. The number of imidazole rings is 1. The molecule has 5 nitrogen and oxygen atoms in total. The highest BCUT2D eigenvalue weighted by Crippen LogP contribution is 2.31. The number of benzene rings is 1. The van der Waals surface area contributed by atoms with Gasteiger partial charge in [0.05, 0.1) is 6.33 Å². The van der Waals surface area contributed by atoms with Gasteiger partial charge in [0.2, 0.25) is 5.91 Å². The SMILES string of the molecule is Cl.Cl.NC[C@H]1CCC[C@H]1C(=O)NCc1ccccc1Cn1ccnc1. The number of nitrogens with one attached hydrogen (secondary N) is 1. The molecular formula is C18H26Cl2N4O. The quantitative estimate of drug-likeness (QED) is 0.803. The highest BCUT2D eigenvalue weighted by Gasteiger charge is 2.31. The van der Waals surface area contributed by atoms with E-state index in [9.17, 15) is 4.79 Å². The predicted octanol–water partition coefficient (Wildman–Crippen LogP) is 2.77. The van der Waals surface area contributed by atoms with Crippen LogP contribution in [0.15, 0.2) is 43.0 Å². The number of aromatic nitrogens is 2. The van der Waals surface area contributed by atoms with Gasteiger partial charge in [0, 0.05) is 31.4 Å². The van der Waals surface area contributed by atoms with Crippen LogP contribution in [-0.4, -0.2) is 22.0 Å². The van der Waals surface area contributed by atoms with Crippen LogP contribution in [0, 0.1) is 11.8 Å². The van der Waals surface area contributed by atoms with E-state index in [2.05, 4.69) is 22.4 Å². The van der Waals surface area contributed by atoms with Crippen LogP contribution in [0.1, 0.15) is 30.4 Å². The minimum absolute atomic E-state index is 0. The zero-order chi connectivity index (χ0) is 16.1. The van der Waals surface area contributed by atoms with Crippen LogP contribution in [0.5, 0.6) is 0 Å². The summed E-state index contributed by atoms with van der Waals surface area (Å²) >= 11 is 0. The molecule has 1 heterocycles. The van der Waals surface area contributed by atoms with Gasteiger partial charge in [-0.25, -0.2) is 4.98 Å². The van der Waals surface area contributed by atoms with Gasteiger partial charge in [-0.05, 0) is 36.4 Å². The zero-order valence-electron chi connectivity index (χ0n) is 14.1. The van der Waals surface area contributed by atoms with E-state index < -0.39 is 0 Å². The number of hydrogen-bond donors (Lipinski definition) is 2. The molecule has 1 amide bonds. The summed E-state index contributed by atoms with van der Waals surface area (Å²) in [7, 11) is 0. The second-order valence-electron chi connectivity index (χ2n) is 6.25. The summed E-state index contributed by atoms with van der Waals surface area (Å²) < 4.78 is 2.03. The number of nitrogens with two attached hydrogens (primary N) is 1. The monoisotopic (exact) mass is 384 g/mol. The molecule has 0 spiro atoms. The lowest BCUT2D eigenvalue weighted by Crippen LogP contribution is -2.34. The van der Waals surface area contributed by atoms with Gasteiger partial charge in [0.15, 0.2) is 0 Å². The number of nitrogens with zero attached hydrogens (tertiary/aromatic N) is 2. The van der Waals surface area contributed by atoms with Crippen molar-refractivity contribution in [2.24, 2.45) is 17.6 Å². The van der Waals surface area contributed by atoms with Crippen LogP contribution in [0.3, 0.4) is 0 Å². The van der Waals surface area contributed by atoms with Gasteiger partial charge in [-0.1, -0.05) is 30.7 Å². The molecule has 0 saturated heterocycles. The second-order valence-corrected chi connectivity index (χ2v) is 6.25. The number of rotatable bonds is 6. The Hall–Kier alpha value is -1.56. The van der Waals surface area contributed by atoms with Crippen molar-refractivity contribution in [2.45, 2.75) is 32.4 Å². The number of carbonyl (C=O) groups excluding carboxylic acids is 1. The van der Waals surface area contributed by atoms with E-state index in [0.717, 1.165) is 31.4 Å². The van der Waals surface area contributed by atoms with Gasteiger partial charge in [0.1, 0.15) is 0 Å². The fourth-order valence-corrected chi connectivity index (χ4v) is 3.44. The molecule has 0 radical (unpaired) electrons. The molecule has 1 fully saturated rings. The fourth-order valence-electron chi connectivity index (χ4n) is 3.44. The molecule has 0 bridgehead atoms. The number of halogens is 2. The van der Waals surface area contributed by atoms with Crippen molar-refractivity contribution in [3.63, 3.8) is 0 Å². The fraction of sp³-hybridized carbons (Fsp3) is 0.444. The Bertz CT molecular complexity index is 648. The van der Waals surface area contributed by atoms with E-state index in [1.54, 1.807) is 12.5 Å². The maximum atomic E-state index is 12.4. The lowest BCUT2D eigenvalue weighted by atomic mass is 9.95. The molecule has 7 heteroatoms. The van der Waals surface area contributed by atoms with Crippen molar-refractivity contribution in [3.05, 3.63) is 54.1 Å². The summed E-state index contributed by atoms with van der Waals surface area (Å²) in [6.07, 6.45) is 8.67. The summed E-state index contributed by atoms with van der Waals surface area (Å²) in [6.45, 7) is 1.94.